The van der Waals surface area contributed by atoms with Crippen molar-refractivity contribution in [2.75, 3.05) is 31.9 Å². The molecule has 2 fully saturated rings. The van der Waals surface area contributed by atoms with E-state index in [-0.39, 0.29) is 12.1 Å². The van der Waals surface area contributed by atoms with Gasteiger partial charge in [0.25, 0.3) is 0 Å². The van der Waals surface area contributed by atoms with Gasteiger partial charge in [0.2, 0.25) is 0 Å². The number of carbonyl (C=O) groups excluding carboxylic acids is 1. The molecule has 2 saturated heterocycles. The quantitative estimate of drug-likeness (QED) is 0.755. The second kappa shape index (κ2) is 4.65. The van der Waals surface area contributed by atoms with Gasteiger partial charge in [-0.05, 0) is 6.92 Å². The van der Waals surface area contributed by atoms with Crippen molar-refractivity contribution in [3.05, 3.63) is 17.6 Å². The van der Waals surface area contributed by atoms with Crippen LogP contribution in [0.4, 0.5) is 10.6 Å². The molecule has 0 saturated carbocycles. The van der Waals surface area contributed by atoms with Crippen molar-refractivity contribution < 1.29 is 4.79 Å². The van der Waals surface area contributed by atoms with Gasteiger partial charge in [0, 0.05) is 37.9 Å². The average Bonchev–Trinajstić information content (AvgIpc) is 2.69. The van der Waals surface area contributed by atoms with E-state index >= 15 is 0 Å². The number of hydrogen-bond donors (Lipinski definition) is 2. The van der Waals surface area contributed by atoms with Crippen LogP contribution < -0.4 is 11.1 Å². The lowest BCUT2D eigenvalue weighted by Gasteiger charge is -2.35. The summed E-state index contributed by atoms with van der Waals surface area (Å²) >= 11 is 0. The van der Waals surface area contributed by atoms with Crippen molar-refractivity contribution in [3.63, 3.8) is 0 Å². The number of hydrogen-bond acceptors (Lipinski definition) is 5. The predicted molar refractivity (Wildman–Crippen MR) is 70.4 cm³/mol. The highest BCUT2D eigenvalue weighted by atomic mass is 16.2. The Labute approximate surface area is 111 Å². The standard InChI is InChI=1S/C12H18N6O/c1-8-4-10(13)16-11(15-8)7-17-2-3-18-9(6-17)5-14-12(18)19/h4,9H,2-3,5-7H2,1H3,(H,14,19)(H2,13,15,16). The average molecular weight is 262 g/mol. The molecule has 2 aliphatic heterocycles. The first-order valence-electron chi connectivity index (χ1n) is 6.48. The SMILES string of the molecule is Cc1cc(N)nc(CN2CCN3C(=O)NCC3C2)n1. The molecular weight excluding hydrogens is 244 g/mol. The van der Waals surface area contributed by atoms with E-state index in [1.165, 1.54) is 0 Å². The molecule has 7 nitrogen and oxygen atoms in total. The van der Waals surface area contributed by atoms with Gasteiger partial charge in [-0.15, -0.1) is 0 Å². The summed E-state index contributed by atoms with van der Waals surface area (Å²) in [5, 5.41) is 2.87. The zero-order chi connectivity index (χ0) is 13.4. The molecule has 3 N–H and O–H groups in total. The van der Waals surface area contributed by atoms with Crippen LogP contribution in [-0.4, -0.2) is 58.0 Å². The number of aromatic nitrogens is 2. The van der Waals surface area contributed by atoms with Gasteiger partial charge in [0.1, 0.15) is 11.6 Å². The van der Waals surface area contributed by atoms with Gasteiger partial charge in [-0.3, -0.25) is 4.90 Å². The second-order valence-electron chi connectivity index (χ2n) is 5.12. The van der Waals surface area contributed by atoms with Gasteiger partial charge in [-0.1, -0.05) is 0 Å². The van der Waals surface area contributed by atoms with Crippen LogP contribution in [-0.2, 0) is 6.54 Å². The van der Waals surface area contributed by atoms with Gasteiger partial charge in [-0.25, -0.2) is 14.8 Å². The number of piperazine rings is 1. The summed E-state index contributed by atoms with van der Waals surface area (Å²) in [5.41, 5.74) is 6.62. The molecule has 0 spiro atoms. The third-order valence-electron chi connectivity index (χ3n) is 3.60. The number of fused-ring (bicyclic) bond motifs is 1. The van der Waals surface area contributed by atoms with E-state index in [1.54, 1.807) is 6.07 Å². The van der Waals surface area contributed by atoms with Crippen molar-refractivity contribution >= 4 is 11.8 Å². The van der Waals surface area contributed by atoms with Gasteiger partial charge < -0.3 is 16.0 Å². The number of urea groups is 1. The first-order valence-corrected chi connectivity index (χ1v) is 6.48. The summed E-state index contributed by atoms with van der Waals surface area (Å²) in [7, 11) is 0. The van der Waals surface area contributed by atoms with Crippen LogP contribution in [0.25, 0.3) is 0 Å². The minimum atomic E-state index is 0.0562. The summed E-state index contributed by atoms with van der Waals surface area (Å²) in [4.78, 5) is 24.4. The first-order chi connectivity index (χ1) is 9.11. The summed E-state index contributed by atoms with van der Waals surface area (Å²) in [6.07, 6.45) is 0. The number of rotatable bonds is 2. The van der Waals surface area contributed by atoms with Gasteiger partial charge in [0.05, 0.1) is 12.6 Å². The van der Waals surface area contributed by atoms with Crippen LogP contribution in [0.3, 0.4) is 0 Å². The fourth-order valence-corrected chi connectivity index (χ4v) is 2.74. The molecule has 7 heteroatoms. The maximum Gasteiger partial charge on any atom is 0.317 e. The minimum absolute atomic E-state index is 0.0562. The summed E-state index contributed by atoms with van der Waals surface area (Å²) in [6, 6.07) is 2.09. The molecule has 2 aliphatic rings. The number of nitrogen functional groups attached to an aromatic ring is 1. The normalized spacial score (nSPS) is 23.3. The first kappa shape index (κ1) is 12.2. The Morgan fingerprint density at radius 2 is 2.32 bits per heavy atom. The highest BCUT2D eigenvalue weighted by Gasteiger charge is 2.35. The lowest BCUT2D eigenvalue weighted by molar-refractivity contribution is 0.115. The maximum absolute atomic E-state index is 11.5. The number of carbonyl (C=O) groups is 1. The topological polar surface area (TPSA) is 87.4 Å². The van der Waals surface area contributed by atoms with Gasteiger partial charge >= 0.3 is 6.03 Å². The Bertz CT molecular complexity index is 485. The van der Waals surface area contributed by atoms with Crippen LogP contribution in [0.1, 0.15) is 11.5 Å². The highest BCUT2D eigenvalue weighted by molar-refractivity contribution is 5.77. The third kappa shape index (κ3) is 2.46. The molecule has 0 aromatic carbocycles. The Balaban J connectivity index is 1.66. The Morgan fingerprint density at radius 3 is 3.11 bits per heavy atom. The number of aryl methyl sites for hydroxylation is 1. The smallest absolute Gasteiger partial charge is 0.317 e. The van der Waals surface area contributed by atoms with Gasteiger partial charge in [0.15, 0.2) is 0 Å². The monoisotopic (exact) mass is 262 g/mol. The van der Waals surface area contributed by atoms with Crippen molar-refractivity contribution in [3.8, 4) is 0 Å². The Hall–Kier alpha value is -1.89. The number of nitrogens with zero attached hydrogens (tertiary/aromatic N) is 4. The predicted octanol–water partition coefficient (Wildman–Crippen LogP) is -0.423. The molecule has 3 rings (SSSR count). The van der Waals surface area contributed by atoms with E-state index in [1.807, 2.05) is 11.8 Å². The molecule has 1 unspecified atom stereocenters. The number of nitrogens with one attached hydrogen (secondary N) is 1. The van der Waals surface area contributed by atoms with E-state index in [0.29, 0.717) is 12.4 Å². The number of amides is 2. The van der Waals surface area contributed by atoms with Crippen molar-refractivity contribution in [1.82, 2.24) is 25.1 Å². The molecule has 2 amide bonds. The fraction of sp³-hybridized carbons (Fsp3) is 0.583. The van der Waals surface area contributed by atoms with Crippen LogP contribution in [0, 0.1) is 6.92 Å². The van der Waals surface area contributed by atoms with Crippen LogP contribution in [0.5, 0.6) is 0 Å². The molecule has 0 aliphatic carbocycles. The van der Waals surface area contributed by atoms with Crippen LogP contribution >= 0.6 is 0 Å². The van der Waals surface area contributed by atoms with E-state index in [0.717, 1.165) is 37.7 Å². The van der Waals surface area contributed by atoms with E-state index in [9.17, 15) is 4.79 Å². The molecular formula is C12H18N6O. The number of anilines is 1. The van der Waals surface area contributed by atoms with Gasteiger partial charge in [-0.2, -0.15) is 0 Å². The highest BCUT2D eigenvalue weighted by Crippen LogP contribution is 2.15. The molecule has 0 bridgehead atoms. The Kier molecular flexibility index (Phi) is 2.98. The van der Waals surface area contributed by atoms with Crippen molar-refractivity contribution in [2.24, 2.45) is 0 Å². The van der Waals surface area contributed by atoms with Crippen molar-refractivity contribution in [1.29, 1.82) is 0 Å². The molecule has 0 radical (unpaired) electrons. The number of nitrogens with two attached hydrogens (primary N) is 1. The van der Waals surface area contributed by atoms with Crippen molar-refractivity contribution in [2.45, 2.75) is 19.5 Å². The summed E-state index contributed by atoms with van der Waals surface area (Å²) in [6.45, 7) is 5.80. The van der Waals surface area contributed by atoms with E-state index in [4.69, 9.17) is 5.73 Å². The lowest BCUT2D eigenvalue weighted by Crippen LogP contribution is -2.51. The Morgan fingerprint density at radius 1 is 1.47 bits per heavy atom. The van der Waals surface area contributed by atoms with Crippen LogP contribution in [0.2, 0.25) is 0 Å². The molecule has 1 atom stereocenters. The zero-order valence-corrected chi connectivity index (χ0v) is 11.0. The zero-order valence-electron chi connectivity index (χ0n) is 11.0. The van der Waals surface area contributed by atoms with E-state index < -0.39 is 0 Å². The molecule has 1 aromatic heterocycles. The fourth-order valence-electron chi connectivity index (χ4n) is 2.74. The summed E-state index contributed by atoms with van der Waals surface area (Å²) < 4.78 is 0. The molecule has 1 aromatic rings. The minimum Gasteiger partial charge on any atom is -0.384 e. The molecule has 102 valence electrons. The third-order valence-corrected chi connectivity index (χ3v) is 3.60. The van der Waals surface area contributed by atoms with E-state index in [2.05, 4.69) is 20.2 Å². The maximum atomic E-state index is 11.5. The van der Waals surface area contributed by atoms with Crippen LogP contribution in [0.15, 0.2) is 6.07 Å². The molecule has 3 heterocycles. The summed E-state index contributed by atoms with van der Waals surface area (Å²) in [5.74, 6) is 1.27. The largest absolute Gasteiger partial charge is 0.384 e. The second-order valence-corrected chi connectivity index (χ2v) is 5.12. The molecule has 19 heavy (non-hydrogen) atoms. The lowest BCUT2D eigenvalue weighted by atomic mass is 10.2.